The molecule has 0 aliphatic rings. The molecular weight excluding hydrogens is 230 g/mol. The Hall–Kier alpha value is -1.71. The zero-order valence-electron chi connectivity index (χ0n) is 11.7. The van der Waals surface area contributed by atoms with Crippen LogP contribution in [0, 0.1) is 6.92 Å². The van der Waals surface area contributed by atoms with Gasteiger partial charge in [0.05, 0.1) is 19.8 Å². The molecule has 0 unspecified atom stereocenters. The summed E-state index contributed by atoms with van der Waals surface area (Å²) in [5, 5.41) is 0. The van der Waals surface area contributed by atoms with E-state index in [2.05, 4.69) is 0 Å². The first-order valence-electron chi connectivity index (χ1n) is 6.10. The number of amides is 1. The highest BCUT2D eigenvalue weighted by molar-refractivity contribution is 5.98. The number of carbonyl (C=O) groups excluding carboxylic acids is 1. The summed E-state index contributed by atoms with van der Waals surface area (Å²) in [6.07, 6.45) is 0. The number of nitrogens with zero attached hydrogens (tertiary/aromatic N) is 1. The molecule has 0 aliphatic carbocycles. The molecule has 1 amide bonds. The van der Waals surface area contributed by atoms with E-state index < -0.39 is 0 Å². The summed E-state index contributed by atoms with van der Waals surface area (Å²) in [6, 6.07) is 3.59. The minimum atomic E-state index is -0.00277. The molecular formula is C14H21NO3. The lowest BCUT2D eigenvalue weighted by Crippen LogP contribution is -2.31. The Morgan fingerprint density at radius 2 is 1.78 bits per heavy atom. The molecule has 0 heterocycles. The molecule has 1 rings (SSSR count). The minimum Gasteiger partial charge on any atom is -0.497 e. The van der Waals surface area contributed by atoms with Gasteiger partial charge in [-0.3, -0.25) is 4.79 Å². The van der Waals surface area contributed by atoms with Crippen LogP contribution in [0.1, 0.15) is 29.8 Å². The molecule has 0 spiro atoms. The monoisotopic (exact) mass is 251 g/mol. The Bertz CT molecular complexity index is 425. The van der Waals surface area contributed by atoms with Gasteiger partial charge in [0, 0.05) is 19.2 Å². The molecule has 0 radical (unpaired) electrons. The van der Waals surface area contributed by atoms with Gasteiger partial charge in [0.1, 0.15) is 11.5 Å². The standard InChI is InChI=1S/C14H21NO3/c1-6-15(7-2)14(16)13-10(3)8-11(17-4)9-12(13)18-5/h8-9H,6-7H2,1-5H3. The molecule has 0 fully saturated rings. The predicted octanol–water partition coefficient (Wildman–Crippen LogP) is 2.49. The summed E-state index contributed by atoms with van der Waals surface area (Å²) in [7, 11) is 3.16. The van der Waals surface area contributed by atoms with Crippen molar-refractivity contribution in [2.24, 2.45) is 0 Å². The zero-order valence-corrected chi connectivity index (χ0v) is 11.7. The zero-order chi connectivity index (χ0) is 13.7. The van der Waals surface area contributed by atoms with Gasteiger partial charge in [-0.15, -0.1) is 0 Å². The molecule has 0 aliphatic heterocycles. The third-order valence-corrected chi connectivity index (χ3v) is 2.99. The van der Waals surface area contributed by atoms with Crippen LogP contribution in [0.25, 0.3) is 0 Å². The van der Waals surface area contributed by atoms with E-state index in [1.54, 1.807) is 25.2 Å². The third kappa shape index (κ3) is 2.75. The number of aryl methyl sites for hydroxylation is 1. The number of carbonyl (C=O) groups is 1. The summed E-state index contributed by atoms with van der Waals surface area (Å²) in [5.41, 5.74) is 1.48. The number of ether oxygens (including phenoxy) is 2. The first-order valence-corrected chi connectivity index (χ1v) is 6.10. The fourth-order valence-electron chi connectivity index (χ4n) is 1.94. The molecule has 0 atom stereocenters. The lowest BCUT2D eigenvalue weighted by molar-refractivity contribution is 0.0769. The number of hydrogen-bond acceptors (Lipinski definition) is 3. The van der Waals surface area contributed by atoms with Crippen LogP contribution in [0.3, 0.4) is 0 Å². The minimum absolute atomic E-state index is 0.00277. The Morgan fingerprint density at radius 1 is 1.17 bits per heavy atom. The molecule has 0 bridgehead atoms. The van der Waals surface area contributed by atoms with Crippen molar-refractivity contribution in [2.45, 2.75) is 20.8 Å². The maximum atomic E-state index is 12.4. The smallest absolute Gasteiger partial charge is 0.257 e. The molecule has 0 aromatic heterocycles. The van der Waals surface area contributed by atoms with Crippen molar-refractivity contribution in [2.75, 3.05) is 27.3 Å². The van der Waals surface area contributed by atoms with Crippen LogP contribution in [-0.4, -0.2) is 38.1 Å². The van der Waals surface area contributed by atoms with Crippen LogP contribution in [-0.2, 0) is 0 Å². The largest absolute Gasteiger partial charge is 0.497 e. The van der Waals surface area contributed by atoms with Gasteiger partial charge in [-0.2, -0.15) is 0 Å². The number of hydrogen-bond donors (Lipinski definition) is 0. The number of rotatable bonds is 5. The Morgan fingerprint density at radius 3 is 2.22 bits per heavy atom. The van der Waals surface area contributed by atoms with Crippen LogP contribution in [0.5, 0.6) is 11.5 Å². The van der Waals surface area contributed by atoms with Crippen molar-refractivity contribution in [3.63, 3.8) is 0 Å². The molecule has 100 valence electrons. The van der Waals surface area contributed by atoms with Gasteiger partial charge in [-0.1, -0.05) is 0 Å². The highest BCUT2D eigenvalue weighted by Gasteiger charge is 2.20. The number of methoxy groups -OCH3 is 2. The molecule has 0 N–H and O–H groups in total. The van der Waals surface area contributed by atoms with Crippen LogP contribution in [0.4, 0.5) is 0 Å². The van der Waals surface area contributed by atoms with Crippen molar-refractivity contribution in [1.82, 2.24) is 4.90 Å². The normalized spacial score (nSPS) is 10.1. The molecule has 0 saturated carbocycles. The van der Waals surface area contributed by atoms with E-state index in [-0.39, 0.29) is 5.91 Å². The van der Waals surface area contributed by atoms with Gasteiger partial charge >= 0.3 is 0 Å². The summed E-state index contributed by atoms with van der Waals surface area (Å²) in [5.74, 6) is 1.25. The van der Waals surface area contributed by atoms with E-state index in [0.29, 0.717) is 30.2 Å². The van der Waals surface area contributed by atoms with E-state index in [1.165, 1.54) is 0 Å². The summed E-state index contributed by atoms with van der Waals surface area (Å²) < 4.78 is 10.5. The molecule has 18 heavy (non-hydrogen) atoms. The lowest BCUT2D eigenvalue weighted by Gasteiger charge is -2.21. The van der Waals surface area contributed by atoms with Crippen molar-refractivity contribution in [1.29, 1.82) is 0 Å². The molecule has 1 aromatic carbocycles. The quantitative estimate of drug-likeness (QED) is 0.807. The second-order valence-electron chi connectivity index (χ2n) is 4.00. The molecule has 0 saturated heterocycles. The third-order valence-electron chi connectivity index (χ3n) is 2.99. The van der Waals surface area contributed by atoms with Crippen LogP contribution >= 0.6 is 0 Å². The molecule has 4 nitrogen and oxygen atoms in total. The first kappa shape index (κ1) is 14.4. The van der Waals surface area contributed by atoms with Crippen LogP contribution in [0.2, 0.25) is 0 Å². The maximum absolute atomic E-state index is 12.4. The Balaban J connectivity index is 3.26. The van der Waals surface area contributed by atoms with Crippen LogP contribution in [0.15, 0.2) is 12.1 Å². The van der Waals surface area contributed by atoms with Crippen molar-refractivity contribution in [3.05, 3.63) is 23.3 Å². The molecule has 4 heteroatoms. The number of benzene rings is 1. The second kappa shape index (κ2) is 6.28. The van der Waals surface area contributed by atoms with Crippen molar-refractivity contribution < 1.29 is 14.3 Å². The van der Waals surface area contributed by atoms with Gasteiger partial charge in [0.25, 0.3) is 5.91 Å². The summed E-state index contributed by atoms with van der Waals surface area (Å²) in [4.78, 5) is 14.2. The van der Waals surface area contributed by atoms with E-state index in [0.717, 1.165) is 5.56 Å². The SMILES string of the molecule is CCN(CC)C(=O)c1c(C)cc(OC)cc1OC. The van der Waals surface area contributed by atoms with Crippen molar-refractivity contribution in [3.8, 4) is 11.5 Å². The molecule has 1 aromatic rings. The fourth-order valence-corrected chi connectivity index (χ4v) is 1.94. The average molecular weight is 251 g/mol. The Labute approximate surface area is 108 Å². The fraction of sp³-hybridized carbons (Fsp3) is 0.500. The van der Waals surface area contributed by atoms with Crippen LogP contribution < -0.4 is 9.47 Å². The van der Waals surface area contributed by atoms with Gasteiger partial charge in [-0.25, -0.2) is 0 Å². The van der Waals surface area contributed by atoms with Gasteiger partial charge < -0.3 is 14.4 Å². The summed E-state index contributed by atoms with van der Waals surface area (Å²) >= 11 is 0. The first-order chi connectivity index (χ1) is 8.58. The topological polar surface area (TPSA) is 38.8 Å². The Kier molecular flexibility index (Phi) is 5.01. The predicted molar refractivity (Wildman–Crippen MR) is 71.5 cm³/mol. The van der Waals surface area contributed by atoms with E-state index in [1.807, 2.05) is 26.8 Å². The van der Waals surface area contributed by atoms with Gasteiger partial charge in [0.15, 0.2) is 0 Å². The highest BCUT2D eigenvalue weighted by Crippen LogP contribution is 2.29. The average Bonchev–Trinajstić information content (AvgIpc) is 2.38. The maximum Gasteiger partial charge on any atom is 0.257 e. The van der Waals surface area contributed by atoms with E-state index in [9.17, 15) is 4.79 Å². The summed E-state index contributed by atoms with van der Waals surface area (Å²) in [6.45, 7) is 7.19. The van der Waals surface area contributed by atoms with Gasteiger partial charge in [0.2, 0.25) is 0 Å². The van der Waals surface area contributed by atoms with E-state index in [4.69, 9.17) is 9.47 Å². The van der Waals surface area contributed by atoms with Crippen molar-refractivity contribution >= 4 is 5.91 Å². The van der Waals surface area contributed by atoms with Gasteiger partial charge in [-0.05, 0) is 32.4 Å². The second-order valence-corrected chi connectivity index (χ2v) is 4.00. The highest BCUT2D eigenvalue weighted by atomic mass is 16.5. The van der Waals surface area contributed by atoms with E-state index >= 15 is 0 Å². The lowest BCUT2D eigenvalue weighted by atomic mass is 10.1.